The second-order valence-electron chi connectivity index (χ2n) is 4.75. The van der Waals surface area contributed by atoms with Gasteiger partial charge in [-0.1, -0.05) is 51.4 Å². The summed E-state index contributed by atoms with van der Waals surface area (Å²) in [5, 5.41) is 9.93. The molecule has 0 amide bonds. The van der Waals surface area contributed by atoms with Gasteiger partial charge in [-0.25, -0.2) is 0 Å². The quantitative estimate of drug-likeness (QED) is 0.726. The van der Waals surface area contributed by atoms with Crippen molar-refractivity contribution in [2.24, 2.45) is 0 Å². The summed E-state index contributed by atoms with van der Waals surface area (Å²) in [6.07, 6.45) is 12.2. The first-order chi connectivity index (χ1) is 7.34. The van der Waals surface area contributed by atoms with Crippen molar-refractivity contribution in [3.63, 3.8) is 0 Å². The number of methoxy groups -OCH3 is 1. The normalized spacial score (nSPS) is 31.6. The van der Waals surface area contributed by atoms with E-state index in [4.69, 9.17) is 4.74 Å². The minimum Gasteiger partial charge on any atom is -0.390 e. The number of hydrogen-bond donors (Lipinski definition) is 1. The van der Waals surface area contributed by atoms with Gasteiger partial charge in [-0.05, 0) is 12.8 Å². The first kappa shape index (κ1) is 13.0. The standard InChI is InChI=1S/C13H26O2/c1-15-13-11-9-7-5-3-2-4-6-8-10-12(13)14/h12-14H,2-11H2,1H3. The van der Waals surface area contributed by atoms with Crippen molar-refractivity contribution in [2.45, 2.75) is 76.4 Å². The van der Waals surface area contributed by atoms with Crippen LogP contribution in [0.3, 0.4) is 0 Å². The van der Waals surface area contributed by atoms with Gasteiger partial charge in [-0.15, -0.1) is 0 Å². The molecule has 15 heavy (non-hydrogen) atoms. The molecule has 2 atom stereocenters. The zero-order valence-electron chi connectivity index (χ0n) is 10.1. The maximum Gasteiger partial charge on any atom is 0.0830 e. The molecule has 0 heterocycles. The lowest BCUT2D eigenvalue weighted by Gasteiger charge is -2.22. The van der Waals surface area contributed by atoms with Crippen LogP contribution in [0.2, 0.25) is 0 Å². The molecule has 1 aliphatic carbocycles. The third kappa shape index (κ3) is 5.53. The zero-order valence-corrected chi connectivity index (χ0v) is 10.1. The highest BCUT2D eigenvalue weighted by atomic mass is 16.5. The van der Waals surface area contributed by atoms with Gasteiger partial charge in [0.1, 0.15) is 0 Å². The third-order valence-corrected chi connectivity index (χ3v) is 3.47. The van der Waals surface area contributed by atoms with Gasteiger partial charge in [0.05, 0.1) is 12.2 Å². The van der Waals surface area contributed by atoms with Crippen LogP contribution in [0.1, 0.15) is 64.2 Å². The van der Waals surface area contributed by atoms with Gasteiger partial charge in [0.25, 0.3) is 0 Å². The fourth-order valence-corrected chi connectivity index (χ4v) is 2.41. The van der Waals surface area contributed by atoms with E-state index < -0.39 is 0 Å². The van der Waals surface area contributed by atoms with Crippen molar-refractivity contribution in [3.8, 4) is 0 Å². The average molecular weight is 214 g/mol. The second-order valence-corrected chi connectivity index (χ2v) is 4.75. The van der Waals surface area contributed by atoms with Crippen molar-refractivity contribution in [2.75, 3.05) is 7.11 Å². The highest BCUT2D eigenvalue weighted by Gasteiger charge is 2.17. The van der Waals surface area contributed by atoms with Crippen LogP contribution in [0.4, 0.5) is 0 Å². The molecule has 1 fully saturated rings. The molecule has 90 valence electrons. The summed E-state index contributed by atoms with van der Waals surface area (Å²) in [6, 6.07) is 0. The van der Waals surface area contributed by atoms with E-state index in [1.54, 1.807) is 7.11 Å². The van der Waals surface area contributed by atoms with E-state index >= 15 is 0 Å². The summed E-state index contributed by atoms with van der Waals surface area (Å²) < 4.78 is 5.36. The Kier molecular flexibility index (Phi) is 7.03. The summed E-state index contributed by atoms with van der Waals surface area (Å²) in [6.45, 7) is 0. The lowest BCUT2D eigenvalue weighted by atomic mass is 9.97. The molecule has 0 bridgehead atoms. The van der Waals surface area contributed by atoms with Crippen LogP contribution in [0.25, 0.3) is 0 Å². The van der Waals surface area contributed by atoms with Crippen molar-refractivity contribution >= 4 is 0 Å². The Labute approximate surface area is 94.0 Å². The molecule has 0 spiro atoms. The van der Waals surface area contributed by atoms with Gasteiger partial charge < -0.3 is 9.84 Å². The molecule has 0 aromatic heterocycles. The van der Waals surface area contributed by atoms with Crippen LogP contribution in [0.15, 0.2) is 0 Å². The molecule has 1 N–H and O–H groups in total. The molecule has 0 aromatic rings. The molecule has 2 unspecified atom stereocenters. The molecule has 2 nitrogen and oxygen atoms in total. The molecule has 1 saturated carbocycles. The molecule has 0 saturated heterocycles. The van der Waals surface area contributed by atoms with Gasteiger partial charge in [-0.3, -0.25) is 0 Å². The van der Waals surface area contributed by atoms with Crippen molar-refractivity contribution in [1.82, 2.24) is 0 Å². The summed E-state index contributed by atoms with van der Waals surface area (Å²) in [5.41, 5.74) is 0. The van der Waals surface area contributed by atoms with Crippen molar-refractivity contribution < 1.29 is 9.84 Å². The fourth-order valence-electron chi connectivity index (χ4n) is 2.41. The van der Waals surface area contributed by atoms with E-state index in [2.05, 4.69) is 0 Å². The predicted molar refractivity (Wildman–Crippen MR) is 63.0 cm³/mol. The Hall–Kier alpha value is -0.0800. The molecular weight excluding hydrogens is 188 g/mol. The summed E-state index contributed by atoms with van der Waals surface area (Å²) in [4.78, 5) is 0. The summed E-state index contributed by atoms with van der Waals surface area (Å²) >= 11 is 0. The van der Waals surface area contributed by atoms with Gasteiger partial charge in [0.15, 0.2) is 0 Å². The first-order valence-corrected chi connectivity index (χ1v) is 6.55. The lowest BCUT2D eigenvalue weighted by molar-refractivity contribution is -0.0223. The number of ether oxygens (including phenoxy) is 1. The van der Waals surface area contributed by atoms with Gasteiger partial charge >= 0.3 is 0 Å². The number of aliphatic hydroxyl groups is 1. The van der Waals surface area contributed by atoms with Crippen LogP contribution >= 0.6 is 0 Å². The Bertz CT molecular complexity index is 147. The predicted octanol–water partition coefficient (Wildman–Crippen LogP) is 3.28. The first-order valence-electron chi connectivity index (χ1n) is 6.55. The van der Waals surface area contributed by atoms with E-state index in [0.717, 1.165) is 19.3 Å². The average Bonchev–Trinajstić information content (AvgIpc) is 2.23. The zero-order chi connectivity index (χ0) is 10.9. The number of rotatable bonds is 1. The van der Waals surface area contributed by atoms with E-state index in [1.807, 2.05) is 0 Å². The van der Waals surface area contributed by atoms with Crippen molar-refractivity contribution in [3.05, 3.63) is 0 Å². The molecule has 2 heteroatoms. The Balaban J connectivity index is 2.30. The molecule has 1 aliphatic rings. The lowest BCUT2D eigenvalue weighted by Crippen LogP contribution is -2.28. The number of aliphatic hydroxyl groups excluding tert-OH is 1. The van der Waals surface area contributed by atoms with Crippen LogP contribution < -0.4 is 0 Å². The van der Waals surface area contributed by atoms with Gasteiger partial charge in [0, 0.05) is 7.11 Å². The van der Waals surface area contributed by atoms with E-state index in [0.29, 0.717) is 0 Å². The van der Waals surface area contributed by atoms with Crippen LogP contribution in [-0.2, 0) is 4.74 Å². The monoisotopic (exact) mass is 214 g/mol. The van der Waals surface area contributed by atoms with Crippen molar-refractivity contribution in [1.29, 1.82) is 0 Å². The van der Waals surface area contributed by atoms with E-state index in [9.17, 15) is 5.11 Å². The fraction of sp³-hybridized carbons (Fsp3) is 1.00. The van der Waals surface area contributed by atoms with Gasteiger partial charge in [-0.2, -0.15) is 0 Å². The molecule has 1 rings (SSSR count). The molecule has 0 radical (unpaired) electrons. The highest BCUT2D eigenvalue weighted by molar-refractivity contribution is 4.69. The SMILES string of the molecule is COC1CCCCCCCCCCC1O. The van der Waals surface area contributed by atoms with Gasteiger partial charge in [0.2, 0.25) is 0 Å². The van der Waals surface area contributed by atoms with Crippen LogP contribution in [-0.4, -0.2) is 24.4 Å². The third-order valence-electron chi connectivity index (χ3n) is 3.47. The van der Waals surface area contributed by atoms with E-state index in [1.165, 1.54) is 44.9 Å². The van der Waals surface area contributed by atoms with E-state index in [-0.39, 0.29) is 12.2 Å². The molecular formula is C13H26O2. The smallest absolute Gasteiger partial charge is 0.0830 e. The van der Waals surface area contributed by atoms with Crippen LogP contribution in [0.5, 0.6) is 0 Å². The summed E-state index contributed by atoms with van der Waals surface area (Å²) in [5.74, 6) is 0. The maximum absolute atomic E-state index is 9.93. The second kappa shape index (κ2) is 8.12. The molecule has 0 aliphatic heterocycles. The Morgan fingerprint density at radius 3 is 1.80 bits per heavy atom. The van der Waals surface area contributed by atoms with Crippen LogP contribution in [0, 0.1) is 0 Å². The number of hydrogen-bond acceptors (Lipinski definition) is 2. The minimum atomic E-state index is -0.241. The highest BCUT2D eigenvalue weighted by Crippen LogP contribution is 2.18. The minimum absolute atomic E-state index is 0.0735. The Morgan fingerprint density at radius 1 is 0.800 bits per heavy atom. The summed E-state index contributed by atoms with van der Waals surface area (Å²) in [7, 11) is 1.72. The molecule has 0 aromatic carbocycles. The Morgan fingerprint density at radius 2 is 1.27 bits per heavy atom. The topological polar surface area (TPSA) is 29.5 Å². The largest absolute Gasteiger partial charge is 0.390 e. The maximum atomic E-state index is 9.93.